The van der Waals surface area contributed by atoms with Crippen molar-refractivity contribution in [1.29, 1.82) is 0 Å². The minimum absolute atomic E-state index is 0.00299. The Balaban J connectivity index is 1.43. The third-order valence-electron chi connectivity index (χ3n) is 7.06. The van der Waals surface area contributed by atoms with Gasteiger partial charge in [-0.05, 0) is 37.7 Å². The largest absolute Gasteiger partial charge is 0.351 e. The number of fused-ring (bicyclic) bond motifs is 2. The second-order valence-electron chi connectivity index (χ2n) is 9.18. The van der Waals surface area contributed by atoms with E-state index >= 15 is 0 Å². The first-order valence-corrected chi connectivity index (χ1v) is 13.4. The van der Waals surface area contributed by atoms with Crippen LogP contribution in [0.2, 0.25) is 0 Å². The van der Waals surface area contributed by atoms with Crippen LogP contribution in [0.15, 0.2) is 6.20 Å². The molecule has 5 rings (SSSR count). The summed E-state index contributed by atoms with van der Waals surface area (Å²) in [6.07, 6.45) is 4.86. The van der Waals surface area contributed by atoms with Crippen molar-refractivity contribution in [3.8, 4) is 10.6 Å². The third-order valence-corrected chi connectivity index (χ3v) is 9.83. The number of piperidine rings is 1. The van der Waals surface area contributed by atoms with Gasteiger partial charge in [-0.3, -0.25) is 4.79 Å². The molecule has 0 unspecified atom stereocenters. The molecule has 1 N–H and O–H groups in total. The molecule has 1 spiro atoms. The Labute approximate surface area is 190 Å². The zero-order valence-corrected chi connectivity index (χ0v) is 20.1. The van der Waals surface area contributed by atoms with Gasteiger partial charge in [-0.2, -0.15) is 0 Å². The van der Waals surface area contributed by atoms with E-state index in [1.807, 2.05) is 25.8 Å². The van der Waals surface area contributed by atoms with Crippen LogP contribution >= 0.6 is 11.3 Å². The fourth-order valence-corrected chi connectivity index (χ4v) is 7.42. The Morgan fingerprint density at radius 1 is 1.34 bits per heavy atom. The molecule has 3 aliphatic rings. The lowest BCUT2D eigenvalue weighted by Crippen LogP contribution is -2.47. The van der Waals surface area contributed by atoms with Gasteiger partial charge in [-0.15, -0.1) is 11.3 Å². The summed E-state index contributed by atoms with van der Waals surface area (Å²) in [6.45, 7) is 4.67. The van der Waals surface area contributed by atoms with Crippen LogP contribution in [0.4, 0.5) is 10.3 Å². The van der Waals surface area contributed by atoms with Crippen LogP contribution in [-0.4, -0.2) is 65.9 Å². The molecule has 0 radical (unpaired) electrons. The average molecular weight is 480 g/mol. The van der Waals surface area contributed by atoms with Gasteiger partial charge in [-0.25, -0.2) is 27.1 Å². The van der Waals surface area contributed by atoms with Crippen LogP contribution in [-0.2, 0) is 15.6 Å². The summed E-state index contributed by atoms with van der Waals surface area (Å²) in [4.78, 5) is 24.9. The quantitative estimate of drug-likeness (QED) is 0.725. The maximum atomic E-state index is 14.8. The molecule has 2 atom stereocenters. The average Bonchev–Trinajstić information content (AvgIpc) is 3.42. The molecule has 172 valence electrons. The molecule has 2 aromatic rings. The molecule has 1 saturated carbocycles. The van der Waals surface area contributed by atoms with Gasteiger partial charge < -0.3 is 10.2 Å². The predicted molar refractivity (Wildman–Crippen MR) is 121 cm³/mol. The summed E-state index contributed by atoms with van der Waals surface area (Å²) in [5.74, 6) is -0.171. The molecule has 0 bridgehead atoms. The first kappa shape index (κ1) is 21.7. The van der Waals surface area contributed by atoms with Crippen LogP contribution in [0.5, 0.6) is 0 Å². The van der Waals surface area contributed by atoms with Gasteiger partial charge >= 0.3 is 0 Å². The van der Waals surface area contributed by atoms with E-state index in [0.717, 1.165) is 29.5 Å². The molecule has 1 saturated heterocycles. The maximum absolute atomic E-state index is 14.8. The van der Waals surface area contributed by atoms with E-state index in [0.29, 0.717) is 35.9 Å². The molecule has 0 aromatic carbocycles. The van der Waals surface area contributed by atoms with E-state index < -0.39 is 15.8 Å². The predicted octanol–water partition coefficient (Wildman–Crippen LogP) is 2.81. The summed E-state index contributed by atoms with van der Waals surface area (Å²) in [6, 6.07) is -0.0225. The Morgan fingerprint density at radius 3 is 2.69 bits per heavy atom. The number of anilines is 1. The van der Waals surface area contributed by atoms with Crippen LogP contribution in [0.3, 0.4) is 0 Å². The second-order valence-corrected chi connectivity index (χ2v) is 12.2. The van der Waals surface area contributed by atoms with E-state index in [4.69, 9.17) is 0 Å². The lowest BCUT2D eigenvalue weighted by atomic mass is 9.95. The van der Waals surface area contributed by atoms with Crippen molar-refractivity contribution in [1.82, 2.24) is 19.2 Å². The minimum Gasteiger partial charge on any atom is -0.351 e. The molecule has 4 heterocycles. The number of hydrogen-bond acceptors (Lipinski definition) is 7. The molecule has 1 aliphatic carbocycles. The van der Waals surface area contributed by atoms with Gasteiger partial charge in [-0.1, -0.05) is 6.92 Å². The fraction of sp³-hybridized carbons (Fsp3) is 0.571. The summed E-state index contributed by atoms with van der Waals surface area (Å²) in [5.41, 5.74) is 1.45. The first-order valence-electron chi connectivity index (χ1n) is 10.7. The van der Waals surface area contributed by atoms with Crippen molar-refractivity contribution in [3.05, 3.63) is 28.0 Å². The van der Waals surface area contributed by atoms with E-state index in [1.54, 1.807) is 0 Å². The molecular weight excluding hydrogens is 453 g/mol. The lowest BCUT2D eigenvalue weighted by molar-refractivity contribution is 0.0755. The van der Waals surface area contributed by atoms with Crippen molar-refractivity contribution >= 4 is 33.2 Å². The Hall–Kier alpha value is -2.11. The molecule has 2 aliphatic heterocycles. The number of carbonyl (C=O) groups is 1. The Bertz CT molecular complexity index is 1220. The summed E-state index contributed by atoms with van der Waals surface area (Å²) in [5, 5.41) is 3.27. The zero-order chi connectivity index (χ0) is 23.0. The van der Waals surface area contributed by atoms with Crippen molar-refractivity contribution in [2.75, 3.05) is 31.7 Å². The Kier molecular flexibility index (Phi) is 4.88. The molecular formula is C21H26FN5O3S2. The number of rotatable bonds is 4. The molecule has 8 nitrogen and oxygen atoms in total. The molecule has 32 heavy (non-hydrogen) atoms. The van der Waals surface area contributed by atoms with Gasteiger partial charge in [0.15, 0.2) is 5.82 Å². The topological polar surface area (TPSA) is 95.5 Å². The minimum atomic E-state index is -3.22. The summed E-state index contributed by atoms with van der Waals surface area (Å²) >= 11 is 1.46. The van der Waals surface area contributed by atoms with Crippen molar-refractivity contribution < 1.29 is 17.6 Å². The van der Waals surface area contributed by atoms with Gasteiger partial charge in [0, 0.05) is 31.1 Å². The number of nitrogens with zero attached hydrogens (tertiary/aromatic N) is 4. The molecule has 2 aromatic heterocycles. The number of amides is 1. The number of sulfonamides is 1. The smallest absolute Gasteiger partial charge is 0.255 e. The highest BCUT2D eigenvalue weighted by molar-refractivity contribution is 7.88. The van der Waals surface area contributed by atoms with Crippen LogP contribution in [0.25, 0.3) is 10.6 Å². The van der Waals surface area contributed by atoms with Gasteiger partial charge in [0.2, 0.25) is 16.0 Å². The second kappa shape index (κ2) is 7.19. The zero-order valence-electron chi connectivity index (χ0n) is 18.5. The van der Waals surface area contributed by atoms with E-state index in [9.17, 15) is 17.6 Å². The first-order chi connectivity index (χ1) is 15.0. The van der Waals surface area contributed by atoms with Crippen LogP contribution in [0, 0.1) is 18.7 Å². The number of thiophene rings is 1. The van der Waals surface area contributed by atoms with Crippen LogP contribution < -0.4 is 5.32 Å². The third kappa shape index (κ3) is 3.24. The summed E-state index contributed by atoms with van der Waals surface area (Å²) in [7, 11) is -1.39. The number of nitrogens with one attached hydrogen (secondary N) is 1. The van der Waals surface area contributed by atoms with Gasteiger partial charge in [0.1, 0.15) is 5.69 Å². The van der Waals surface area contributed by atoms with E-state index in [2.05, 4.69) is 15.3 Å². The molecule has 2 fully saturated rings. The van der Waals surface area contributed by atoms with E-state index in [-0.39, 0.29) is 29.1 Å². The van der Waals surface area contributed by atoms with Gasteiger partial charge in [0.25, 0.3) is 5.91 Å². The highest BCUT2D eigenvalue weighted by atomic mass is 32.2. The van der Waals surface area contributed by atoms with Crippen LogP contribution in [0.1, 0.15) is 47.0 Å². The van der Waals surface area contributed by atoms with Crippen molar-refractivity contribution in [3.63, 3.8) is 0 Å². The fourth-order valence-electron chi connectivity index (χ4n) is 4.90. The van der Waals surface area contributed by atoms with Crippen molar-refractivity contribution in [2.45, 2.75) is 44.7 Å². The lowest BCUT2D eigenvalue weighted by Gasteiger charge is -2.35. The summed E-state index contributed by atoms with van der Waals surface area (Å²) < 4.78 is 39.9. The maximum Gasteiger partial charge on any atom is 0.255 e. The molecule has 1 amide bonds. The standard InChI is InChI=1S/C21H26FN5O3S2/c1-11-10-27(32(4,29)30)8-5-14(11)24-20-23-9-13(22)16(25-20)17-12(2)15-18(31-17)21(6-7-21)26(3)19(15)28/h9,11,14H,5-8,10H2,1-4H3,(H,23,24,25)/t11-,14+/m1/s1. The van der Waals surface area contributed by atoms with Crippen molar-refractivity contribution in [2.24, 2.45) is 5.92 Å². The SMILES string of the molecule is Cc1c(-c2nc(N[C@H]3CCN(S(C)(=O)=O)C[C@H]3C)ncc2F)sc2c1C(=O)N(C)C21CC1. The number of hydrogen-bond donors (Lipinski definition) is 1. The van der Waals surface area contributed by atoms with Gasteiger partial charge in [0.05, 0.1) is 28.4 Å². The number of carbonyl (C=O) groups excluding carboxylic acids is 1. The van der Waals surface area contributed by atoms with E-state index in [1.165, 1.54) is 21.9 Å². The highest BCUT2D eigenvalue weighted by Crippen LogP contribution is 2.60. The molecule has 11 heteroatoms. The monoisotopic (exact) mass is 479 g/mol. The Morgan fingerprint density at radius 2 is 2.06 bits per heavy atom. The number of aromatic nitrogens is 2. The highest BCUT2D eigenvalue weighted by Gasteiger charge is 2.58. The normalized spacial score (nSPS) is 24.8. The number of halogens is 1.